The maximum atomic E-state index is 6.60. The van der Waals surface area contributed by atoms with Gasteiger partial charge in [0.1, 0.15) is 18.2 Å². The summed E-state index contributed by atoms with van der Waals surface area (Å²) in [6, 6.07) is 53.1. The molecule has 5 nitrogen and oxygen atoms in total. The molecule has 0 N–H and O–H groups in total. The Bertz CT molecular complexity index is 2210. The third kappa shape index (κ3) is 6.34. The Hall–Kier alpha value is -6.20. The van der Waals surface area contributed by atoms with Crippen molar-refractivity contribution >= 4 is 22.7 Å². The number of benzene rings is 5. The zero-order chi connectivity index (χ0) is 34.1. The van der Waals surface area contributed by atoms with Gasteiger partial charge in [0.25, 0.3) is 0 Å². The summed E-state index contributed by atoms with van der Waals surface area (Å²) in [6.45, 7) is 7.38. The average molecular weight is 651 g/mol. The first-order valence-electron chi connectivity index (χ1n) is 17.0. The Labute approximate surface area is 294 Å². The normalized spacial score (nSPS) is 12.5. The van der Waals surface area contributed by atoms with Crippen molar-refractivity contribution in [3.05, 3.63) is 170 Å². The maximum Gasteiger partial charge on any atom is 0.131 e. The van der Waals surface area contributed by atoms with Crippen LogP contribution in [0.5, 0.6) is 11.5 Å². The molecule has 50 heavy (non-hydrogen) atoms. The molecule has 8 rings (SSSR count). The van der Waals surface area contributed by atoms with Gasteiger partial charge in [0.15, 0.2) is 0 Å². The van der Waals surface area contributed by atoms with Gasteiger partial charge >= 0.3 is 0 Å². The largest absolute Gasteiger partial charge is 0.457 e. The minimum atomic E-state index is -0.0982. The highest BCUT2D eigenvalue weighted by Gasteiger charge is 2.30. The van der Waals surface area contributed by atoms with Crippen molar-refractivity contribution in [1.29, 1.82) is 0 Å². The van der Waals surface area contributed by atoms with E-state index in [9.17, 15) is 0 Å². The number of ether oxygens (including phenoxy) is 1. The number of rotatable bonds is 7. The lowest BCUT2D eigenvalue weighted by molar-refractivity contribution is 0.478. The van der Waals surface area contributed by atoms with Crippen molar-refractivity contribution < 1.29 is 4.74 Å². The van der Waals surface area contributed by atoms with E-state index in [1.165, 1.54) is 27.8 Å². The molecule has 0 radical (unpaired) electrons. The van der Waals surface area contributed by atoms with Gasteiger partial charge in [-0.15, -0.1) is 0 Å². The van der Waals surface area contributed by atoms with Crippen LogP contribution < -0.4 is 14.5 Å². The molecule has 1 aliphatic heterocycles. The van der Waals surface area contributed by atoms with Gasteiger partial charge in [0.2, 0.25) is 0 Å². The molecular formula is C45H38N4O. The SMILES string of the molecule is CC(C)(C)c1cc(Oc2ccnc(-c3ccccn3)c2)cc(N2CN(c3cc(-c4ccccc4)cc(-c4ccccc4)c3)c3ccccc32)c1. The van der Waals surface area contributed by atoms with Gasteiger partial charge in [0, 0.05) is 35.9 Å². The average Bonchev–Trinajstić information content (AvgIpc) is 3.55. The number of nitrogens with zero attached hydrogens (tertiary/aromatic N) is 4. The summed E-state index contributed by atoms with van der Waals surface area (Å²) in [5.41, 5.74) is 12.0. The summed E-state index contributed by atoms with van der Waals surface area (Å²) in [5, 5.41) is 0. The first kappa shape index (κ1) is 31.1. The van der Waals surface area contributed by atoms with E-state index >= 15 is 0 Å². The number of hydrogen-bond acceptors (Lipinski definition) is 5. The molecule has 5 heteroatoms. The van der Waals surface area contributed by atoms with E-state index < -0.39 is 0 Å². The third-order valence-electron chi connectivity index (χ3n) is 9.15. The summed E-state index contributed by atoms with van der Waals surface area (Å²) in [7, 11) is 0. The number of hydrogen-bond donors (Lipinski definition) is 0. The van der Waals surface area contributed by atoms with E-state index in [1.807, 2.05) is 30.3 Å². The third-order valence-corrected chi connectivity index (χ3v) is 9.15. The van der Waals surface area contributed by atoms with Crippen molar-refractivity contribution in [2.75, 3.05) is 16.5 Å². The Morgan fingerprint density at radius 1 is 0.480 bits per heavy atom. The fourth-order valence-electron chi connectivity index (χ4n) is 6.51. The topological polar surface area (TPSA) is 41.5 Å². The minimum Gasteiger partial charge on any atom is -0.457 e. The second kappa shape index (κ2) is 13.0. The monoisotopic (exact) mass is 650 g/mol. The highest BCUT2D eigenvalue weighted by atomic mass is 16.5. The van der Waals surface area contributed by atoms with Crippen LogP contribution in [0.2, 0.25) is 0 Å². The smallest absolute Gasteiger partial charge is 0.131 e. The second-order valence-corrected chi connectivity index (χ2v) is 13.6. The molecular weight excluding hydrogens is 613 g/mol. The number of fused-ring (bicyclic) bond motifs is 1. The Balaban J connectivity index is 1.20. The van der Waals surface area contributed by atoms with Crippen LogP contribution in [-0.2, 0) is 5.41 Å². The molecule has 5 aromatic carbocycles. The van der Waals surface area contributed by atoms with Crippen molar-refractivity contribution in [1.82, 2.24) is 9.97 Å². The number of pyridine rings is 2. The lowest BCUT2D eigenvalue weighted by Crippen LogP contribution is -2.24. The van der Waals surface area contributed by atoms with E-state index in [0.717, 1.165) is 39.9 Å². The van der Waals surface area contributed by atoms with Gasteiger partial charge in [-0.05, 0) is 93.9 Å². The second-order valence-electron chi connectivity index (χ2n) is 13.6. The molecule has 244 valence electrons. The van der Waals surface area contributed by atoms with E-state index in [1.54, 1.807) is 12.4 Å². The lowest BCUT2D eigenvalue weighted by atomic mass is 9.86. The highest BCUT2D eigenvalue weighted by Crippen LogP contribution is 2.47. The summed E-state index contributed by atoms with van der Waals surface area (Å²) < 4.78 is 6.60. The summed E-state index contributed by atoms with van der Waals surface area (Å²) in [6.07, 6.45) is 3.55. The first-order chi connectivity index (χ1) is 24.4. The van der Waals surface area contributed by atoms with E-state index in [2.05, 4.69) is 162 Å². The molecule has 3 heterocycles. The first-order valence-corrected chi connectivity index (χ1v) is 17.0. The predicted molar refractivity (Wildman–Crippen MR) is 206 cm³/mol. The van der Waals surface area contributed by atoms with Crippen molar-refractivity contribution in [2.45, 2.75) is 26.2 Å². The quantitative estimate of drug-likeness (QED) is 0.172. The van der Waals surface area contributed by atoms with E-state index in [-0.39, 0.29) is 5.41 Å². The summed E-state index contributed by atoms with van der Waals surface area (Å²) in [4.78, 5) is 13.8. The molecule has 7 aromatic rings. The maximum absolute atomic E-state index is 6.60. The summed E-state index contributed by atoms with van der Waals surface area (Å²) in [5.74, 6) is 1.49. The van der Waals surface area contributed by atoms with Gasteiger partial charge in [-0.1, -0.05) is 99.6 Å². The lowest BCUT2D eigenvalue weighted by Gasteiger charge is -2.26. The molecule has 0 saturated carbocycles. The van der Waals surface area contributed by atoms with Crippen LogP contribution in [-0.4, -0.2) is 16.6 Å². The fraction of sp³-hybridized carbons (Fsp3) is 0.111. The van der Waals surface area contributed by atoms with E-state index in [0.29, 0.717) is 12.4 Å². The van der Waals surface area contributed by atoms with Crippen molar-refractivity contribution in [3.8, 4) is 45.1 Å². The number of para-hydroxylation sites is 2. The van der Waals surface area contributed by atoms with Crippen molar-refractivity contribution in [2.24, 2.45) is 0 Å². The molecule has 0 bridgehead atoms. The molecule has 0 atom stereocenters. The molecule has 0 unspecified atom stereocenters. The summed E-state index contributed by atoms with van der Waals surface area (Å²) >= 11 is 0. The number of anilines is 4. The molecule has 2 aromatic heterocycles. The zero-order valence-electron chi connectivity index (χ0n) is 28.5. The number of aromatic nitrogens is 2. The Morgan fingerprint density at radius 3 is 1.66 bits per heavy atom. The van der Waals surface area contributed by atoms with Gasteiger partial charge < -0.3 is 14.5 Å². The molecule has 0 spiro atoms. The highest BCUT2D eigenvalue weighted by molar-refractivity contribution is 5.90. The van der Waals surface area contributed by atoms with Crippen LogP contribution >= 0.6 is 0 Å². The van der Waals surface area contributed by atoms with Gasteiger partial charge in [0.05, 0.1) is 22.8 Å². The predicted octanol–water partition coefficient (Wildman–Crippen LogP) is 11.8. The molecule has 1 aliphatic rings. The Kier molecular flexibility index (Phi) is 8.09. The van der Waals surface area contributed by atoms with E-state index in [4.69, 9.17) is 4.74 Å². The molecule has 0 aliphatic carbocycles. The van der Waals surface area contributed by atoms with Gasteiger partial charge in [-0.2, -0.15) is 0 Å². The fourth-order valence-corrected chi connectivity index (χ4v) is 6.51. The van der Waals surface area contributed by atoms with Crippen LogP contribution in [0.15, 0.2) is 164 Å². The van der Waals surface area contributed by atoms with Crippen LogP contribution in [0.25, 0.3) is 33.6 Å². The van der Waals surface area contributed by atoms with Crippen LogP contribution in [0.1, 0.15) is 26.3 Å². The van der Waals surface area contributed by atoms with Crippen LogP contribution in [0, 0.1) is 0 Å². The molecule has 0 fully saturated rings. The zero-order valence-corrected chi connectivity index (χ0v) is 28.5. The standard InChI is InChI=1S/C45H38N4O/c1-45(2,3)36-27-38(29-40(28-36)50-39-21-23-47-42(30-39)41-18-12-13-22-46-41)49-31-48(43-19-10-11-20-44(43)49)37-25-34(32-14-6-4-7-15-32)24-35(26-37)33-16-8-5-9-17-33/h4-30H,31H2,1-3H3. The van der Waals surface area contributed by atoms with Crippen LogP contribution in [0.3, 0.4) is 0 Å². The molecule has 0 amide bonds. The van der Waals surface area contributed by atoms with Gasteiger partial charge in [-0.3, -0.25) is 9.97 Å². The Morgan fingerprint density at radius 2 is 1.06 bits per heavy atom. The van der Waals surface area contributed by atoms with Gasteiger partial charge in [-0.25, -0.2) is 0 Å². The van der Waals surface area contributed by atoms with Crippen LogP contribution in [0.4, 0.5) is 22.7 Å². The van der Waals surface area contributed by atoms with Crippen molar-refractivity contribution in [3.63, 3.8) is 0 Å². The minimum absolute atomic E-state index is 0.0982. The molecule has 0 saturated heterocycles.